The van der Waals surface area contributed by atoms with Gasteiger partial charge >= 0.3 is 0 Å². The van der Waals surface area contributed by atoms with Crippen molar-refractivity contribution in [1.82, 2.24) is 25.0 Å². The van der Waals surface area contributed by atoms with Crippen molar-refractivity contribution in [2.45, 2.75) is 58.5 Å². The lowest BCUT2D eigenvalue weighted by atomic mass is 9.88. The summed E-state index contributed by atoms with van der Waals surface area (Å²) in [4.78, 5) is 8.36. The minimum Gasteiger partial charge on any atom is -0.383 e. The molecule has 1 fully saturated rings. The molecule has 1 saturated carbocycles. The van der Waals surface area contributed by atoms with E-state index in [4.69, 9.17) is 11.6 Å². The molecule has 1 aliphatic rings. The lowest BCUT2D eigenvalue weighted by Gasteiger charge is -2.34. The lowest BCUT2D eigenvalue weighted by Crippen LogP contribution is -2.37. The van der Waals surface area contributed by atoms with E-state index in [0.717, 1.165) is 0 Å². The van der Waals surface area contributed by atoms with E-state index in [1.807, 2.05) is 6.07 Å². The molecule has 1 aromatic carbocycles. The monoisotopic (exact) mass is 568 g/mol. The van der Waals surface area contributed by atoms with Crippen LogP contribution in [0, 0.1) is 29.6 Å². The molecule has 8 nitrogen and oxygen atoms in total. The first-order valence-electron chi connectivity index (χ1n) is 12.8. The lowest BCUT2D eigenvalue weighted by molar-refractivity contribution is -0.107. The van der Waals surface area contributed by atoms with Gasteiger partial charge in [0.15, 0.2) is 0 Å². The van der Waals surface area contributed by atoms with Crippen molar-refractivity contribution in [3.63, 3.8) is 0 Å². The first-order valence-corrected chi connectivity index (χ1v) is 13.2. The maximum absolute atomic E-state index is 13.9. The number of fused-ring (bicyclic) bond motifs is 1. The minimum absolute atomic E-state index is 0.0591. The van der Waals surface area contributed by atoms with Crippen LogP contribution in [0.5, 0.6) is 0 Å². The van der Waals surface area contributed by atoms with Gasteiger partial charge in [-0.15, -0.1) is 5.10 Å². The molecule has 0 aliphatic heterocycles. The molecule has 3 aromatic heterocycles. The predicted octanol–water partition coefficient (Wildman–Crippen LogP) is 6.82. The number of halogens is 4. The molecule has 0 spiro atoms. The summed E-state index contributed by atoms with van der Waals surface area (Å²) >= 11 is 6.67. The molecule has 1 aliphatic carbocycles. The van der Waals surface area contributed by atoms with E-state index in [1.54, 1.807) is 25.3 Å². The van der Waals surface area contributed by atoms with Crippen LogP contribution in [0.2, 0.25) is 5.02 Å². The van der Waals surface area contributed by atoms with Crippen LogP contribution in [0.25, 0.3) is 10.9 Å². The number of nitriles is 1. The van der Waals surface area contributed by atoms with Crippen molar-refractivity contribution < 1.29 is 13.2 Å². The van der Waals surface area contributed by atoms with Crippen LogP contribution >= 0.6 is 11.6 Å². The van der Waals surface area contributed by atoms with Gasteiger partial charge in [-0.2, -0.15) is 9.65 Å². The molecule has 3 heterocycles. The minimum atomic E-state index is -2.71. The number of hydrogen-bond acceptors (Lipinski definition) is 7. The van der Waals surface area contributed by atoms with Crippen molar-refractivity contribution >= 4 is 33.9 Å². The SMILES string of the molecule is Cc1nc(F)ccc1C(Nc1cc(Cl)c2ncc(C#N)c(NCC(C)(C)C)c2c1)c1cn(C2CC(F)(F)C2)nn1. The molecule has 1 atom stereocenters. The normalized spacial score (nSPS) is 15.9. The van der Waals surface area contributed by atoms with Gasteiger partial charge in [-0.05, 0) is 30.5 Å². The predicted molar refractivity (Wildman–Crippen MR) is 147 cm³/mol. The summed E-state index contributed by atoms with van der Waals surface area (Å²) in [5, 5.41) is 25.9. The quantitative estimate of drug-likeness (QED) is 0.236. The molecule has 0 radical (unpaired) electrons. The Labute approximate surface area is 234 Å². The Bertz CT molecular complexity index is 1610. The summed E-state index contributed by atoms with van der Waals surface area (Å²) in [5.74, 6) is -3.33. The number of nitrogens with zero attached hydrogens (tertiary/aromatic N) is 6. The van der Waals surface area contributed by atoms with Crippen LogP contribution in [0.3, 0.4) is 0 Å². The molecule has 1 unspecified atom stereocenters. The second kappa shape index (κ2) is 10.2. The van der Waals surface area contributed by atoms with E-state index in [0.29, 0.717) is 56.4 Å². The van der Waals surface area contributed by atoms with Crippen LogP contribution < -0.4 is 10.6 Å². The Hall–Kier alpha value is -3.91. The Kier molecular flexibility index (Phi) is 7.08. The third-order valence-electron chi connectivity index (χ3n) is 6.82. The summed E-state index contributed by atoms with van der Waals surface area (Å²) in [5.41, 5.74) is 3.52. The van der Waals surface area contributed by atoms with Crippen molar-refractivity contribution in [3.8, 4) is 6.07 Å². The highest BCUT2D eigenvalue weighted by Gasteiger charge is 2.47. The number of nitrogens with one attached hydrogen (secondary N) is 2. The fourth-order valence-electron chi connectivity index (χ4n) is 4.71. The van der Waals surface area contributed by atoms with E-state index in [1.165, 1.54) is 16.9 Å². The van der Waals surface area contributed by atoms with E-state index >= 15 is 0 Å². The van der Waals surface area contributed by atoms with Crippen LogP contribution in [0.1, 0.15) is 68.2 Å². The van der Waals surface area contributed by atoms with Gasteiger partial charge in [-0.25, -0.2) is 18.4 Å². The summed E-state index contributed by atoms with van der Waals surface area (Å²) in [6.07, 6.45) is 2.51. The van der Waals surface area contributed by atoms with Gasteiger partial charge in [-0.1, -0.05) is 43.7 Å². The zero-order valence-corrected chi connectivity index (χ0v) is 23.2. The first kappa shape index (κ1) is 27.6. The largest absolute Gasteiger partial charge is 0.383 e. The average Bonchev–Trinajstić information content (AvgIpc) is 3.34. The molecular formula is C28H28ClF3N8. The van der Waals surface area contributed by atoms with E-state index in [9.17, 15) is 18.4 Å². The van der Waals surface area contributed by atoms with E-state index in [2.05, 4.69) is 57.8 Å². The van der Waals surface area contributed by atoms with E-state index in [-0.39, 0.29) is 18.3 Å². The van der Waals surface area contributed by atoms with Crippen molar-refractivity contribution in [1.29, 1.82) is 5.26 Å². The zero-order chi connectivity index (χ0) is 28.8. The number of aryl methyl sites for hydroxylation is 1. The number of aromatic nitrogens is 5. The molecule has 5 rings (SSSR count). The van der Waals surface area contributed by atoms with Crippen molar-refractivity contribution in [3.05, 3.63) is 70.1 Å². The first-order chi connectivity index (χ1) is 18.8. The third-order valence-corrected chi connectivity index (χ3v) is 7.11. The summed E-state index contributed by atoms with van der Waals surface area (Å²) < 4.78 is 42.3. The molecule has 0 bridgehead atoms. The number of pyridine rings is 2. The summed E-state index contributed by atoms with van der Waals surface area (Å²) in [7, 11) is 0. The number of alkyl halides is 2. The van der Waals surface area contributed by atoms with Gasteiger partial charge in [0, 0.05) is 47.9 Å². The third kappa shape index (κ3) is 5.68. The topological polar surface area (TPSA) is 104 Å². The Morgan fingerprint density at radius 3 is 2.65 bits per heavy atom. The van der Waals surface area contributed by atoms with Crippen molar-refractivity contribution in [2.24, 2.45) is 5.41 Å². The molecule has 4 aromatic rings. The average molecular weight is 569 g/mol. The van der Waals surface area contributed by atoms with Gasteiger partial charge in [0.1, 0.15) is 11.8 Å². The summed E-state index contributed by atoms with van der Waals surface area (Å²) in [6, 6.07) is 7.46. The Morgan fingerprint density at radius 2 is 2.00 bits per heavy atom. The van der Waals surface area contributed by atoms with Gasteiger partial charge in [0.25, 0.3) is 5.92 Å². The van der Waals surface area contributed by atoms with Crippen LogP contribution in [-0.4, -0.2) is 37.4 Å². The molecular weight excluding hydrogens is 541 g/mol. The Balaban J connectivity index is 1.57. The fraction of sp³-hybridized carbons (Fsp3) is 0.393. The highest BCUT2D eigenvalue weighted by atomic mass is 35.5. The smallest absolute Gasteiger partial charge is 0.252 e. The van der Waals surface area contributed by atoms with Gasteiger partial charge < -0.3 is 10.6 Å². The highest BCUT2D eigenvalue weighted by Crippen LogP contribution is 2.45. The van der Waals surface area contributed by atoms with Crippen LogP contribution in [0.15, 0.2) is 36.7 Å². The maximum Gasteiger partial charge on any atom is 0.252 e. The van der Waals surface area contributed by atoms with Gasteiger partial charge in [0.05, 0.1) is 40.1 Å². The standard InChI is InChI=1S/C28H28ClF3N8/c1-15-19(5-6-23(30)36-15)26(22-13-40(39-38-22)18-9-28(31,32)10-18)37-17-7-20-24(35-14-27(2,3)4)16(11-33)12-34-25(20)21(29)8-17/h5-8,12-13,18,26,37H,9-10,14H2,1-4H3,(H,34,35). The number of anilines is 2. The highest BCUT2D eigenvalue weighted by molar-refractivity contribution is 6.35. The molecule has 0 amide bonds. The zero-order valence-electron chi connectivity index (χ0n) is 22.4. The van der Waals surface area contributed by atoms with Crippen LogP contribution in [-0.2, 0) is 0 Å². The Morgan fingerprint density at radius 1 is 1.25 bits per heavy atom. The number of hydrogen-bond donors (Lipinski definition) is 2. The van der Waals surface area contributed by atoms with Crippen LogP contribution in [0.4, 0.5) is 24.5 Å². The second-order valence-corrected chi connectivity index (χ2v) is 11.8. The number of benzene rings is 1. The maximum atomic E-state index is 13.9. The fourth-order valence-corrected chi connectivity index (χ4v) is 4.98. The molecule has 2 N–H and O–H groups in total. The molecule has 208 valence electrons. The van der Waals surface area contributed by atoms with Gasteiger partial charge in [0.2, 0.25) is 5.95 Å². The summed E-state index contributed by atoms with van der Waals surface area (Å²) in [6.45, 7) is 8.52. The molecule has 40 heavy (non-hydrogen) atoms. The molecule has 12 heteroatoms. The van der Waals surface area contributed by atoms with E-state index < -0.39 is 24.0 Å². The van der Waals surface area contributed by atoms with Gasteiger partial charge in [-0.3, -0.25) is 4.98 Å². The van der Waals surface area contributed by atoms with Crippen molar-refractivity contribution in [2.75, 3.05) is 17.2 Å². The number of rotatable bonds is 7. The second-order valence-electron chi connectivity index (χ2n) is 11.4. The molecule has 0 saturated heterocycles.